The number of hydrogen-bond donors (Lipinski definition) is 1. The van der Waals surface area contributed by atoms with Gasteiger partial charge in [-0.3, -0.25) is 4.79 Å². The van der Waals surface area contributed by atoms with Crippen LogP contribution in [0.25, 0.3) is 0 Å². The fraction of sp³-hybridized carbons (Fsp3) is 0.174. The Kier molecular flexibility index (Phi) is 7.40. The maximum absolute atomic E-state index is 13.3. The maximum atomic E-state index is 13.3. The van der Waals surface area contributed by atoms with Crippen LogP contribution in [0.4, 0.5) is 5.69 Å². The molecule has 0 spiro atoms. The molecule has 0 saturated heterocycles. The van der Waals surface area contributed by atoms with E-state index in [-0.39, 0.29) is 5.69 Å². The van der Waals surface area contributed by atoms with Crippen LogP contribution in [0.15, 0.2) is 72.8 Å². The van der Waals surface area contributed by atoms with Crippen molar-refractivity contribution in [2.45, 2.75) is 6.04 Å². The van der Waals surface area contributed by atoms with Crippen LogP contribution in [0.1, 0.15) is 11.6 Å². The van der Waals surface area contributed by atoms with Crippen molar-refractivity contribution >= 4 is 33.2 Å². The lowest BCUT2D eigenvalue weighted by atomic mass is 10.1. The van der Waals surface area contributed by atoms with Gasteiger partial charge in [0.1, 0.15) is 6.04 Å². The molecule has 0 saturated carbocycles. The van der Waals surface area contributed by atoms with Gasteiger partial charge in [-0.15, -0.1) is 0 Å². The number of anilines is 1. The quantitative estimate of drug-likeness (QED) is 0.511. The van der Waals surface area contributed by atoms with E-state index in [0.29, 0.717) is 27.8 Å². The third-order valence-corrected chi connectivity index (χ3v) is 6.23. The molecule has 3 rings (SSSR count). The van der Waals surface area contributed by atoms with Crippen molar-refractivity contribution in [3.63, 3.8) is 0 Å². The molecule has 1 N–H and O–H groups in total. The number of benzene rings is 3. The minimum absolute atomic E-state index is 0.288. The van der Waals surface area contributed by atoms with Crippen molar-refractivity contribution in [2.24, 2.45) is 0 Å². The van der Waals surface area contributed by atoms with Crippen molar-refractivity contribution in [1.29, 1.82) is 0 Å². The average Bonchev–Trinajstić information content (AvgIpc) is 2.76. The molecular formula is C23H23ClN2O5S. The molecule has 0 radical (unpaired) electrons. The van der Waals surface area contributed by atoms with E-state index in [1.807, 2.05) is 6.07 Å². The Balaban J connectivity index is 1.97. The Hall–Kier alpha value is -3.07. The Morgan fingerprint density at radius 3 is 2.22 bits per heavy atom. The zero-order valence-electron chi connectivity index (χ0n) is 17.8. The smallest absolute Gasteiger partial charge is 0.247 e. The lowest BCUT2D eigenvalue weighted by molar-refractivity contribution is -0.119. The van der Waals surface area contributed by atoms with Crippen molar-refractivity contribution in [2.75, 3.05) is 25.7 Å². The Morgan fingerprint density at radius 2 is 1.59 bits per heavy atom. The van der Waals surface area contributed by atoms with Crippen molar-refractivity contribution < 1.29 is 22.7 Å². The molecule has 0 bridgehead atoms. The van der Waals surface area contributed by atoms with Crippen LogP contribution in [0.5, 0.6) is 17.2 Å². The van der Waals surface area contributed by atoms with Gasteiger partial charge in [-0.2, -0.15) is 4.31 Å². The third-order valence-electron chi connectivity index (χ3n) is 4.74. The summed E-state index contributed by atoms with van der Waals surface area (Å²) in [6.07, 6.45) is 1.05. The summed E-state index contributed by atoms with van der Waals surface area (Å²) in [6.45, 7) is 0. The van der Waals surface area contributed by atoms with Gasteiger partial charge in [0.05, 0.1) is 19.1 Å². The van der Waals surface area contributed by atoms with Crippen LogP contribution in [0, 0.1) is 0 Å². The molecule has 7 nitrogen and oxygen atoms in total. The minimum Gasteiger partial charge on any atom is -0.493 e. The molecule has 0 aromatic heterocycles. The second-order valence-corrected chi connectivity index (χ2v) is 9.45. The Labute approximate surface area is 192 Å². The van der Waals surface area contributed by atoms with Gasteiger partial charge in [0.2, 0.25) is 15.9 Å². The summed E-state index contributed by atoms with van der Waals surface area (Å²) < 4.78 is 36.7. The normalized spacial score (nSPS) is 12.3. The van der Waals surface area contributed by atoms with Gasteiger partial charge in [0.15, 0.2) is 17.2 Å². The van der Waals surface area contributed by atoms with E-state index in [9.17, 15) is 13.2 Å². The number of methoxy groups -OCH3 is 1. The summed E-state index contributed by atoms with van der Waals surface area (Å²) in [5, 5.41) is 3.14. The third kappa shape index (κ3) is 5.59. The Morgan fingerprint density at radius 1 is 0.969 bits per heavy atom. The lowest BCUT2D eigenvalue weighted by Crippen LogP contribution is -2.38. The first-order valence-electron chi connectivity index (χ1n) is 9.60. The van der Waals surface area contributed by atoms with E-state index in [1.165, 1.54) is 20.2 Å². The molecule has 9 heteroatoms. The molecule has 0 aliphatic carbocycles. The van der Waals surface area contributed by atoms with Gasteiger partial charge >= 0.3 is 0 Å². The summed E-state index contributed by atoms with van der Waals surface area (Å²) in [5.41, 5.74) is 0.809. The number of nitrogens with one attached hydrogen (secondary N) is 1. The second kappa shape index (κ2) is 10.0. The van der Waals surface area contributed by atoms with E-state index in [0.717, 1.165) is 10.6 Å². The maximum Gasteiger partial charge on any atom is 0.247 e. The molecule has 3 aromatic rings. The monoisotopic (exact) mass is 474 g/mol. The van der Waals surface area contributed by atoms with Crippen LogP contribution < -0.4 is 14.8 Å². The molecule has 0 aliphatic rings. The lowest BCUT2D eigenvalue weighted by Gasteiger charge is -2.26. The van der Waals surface area contributed by atoms with Crippen LogP contribution in [-0.4, -0.2) is 39.0 Å². The van der Waals surface area contributed by atoms with E-state index < -0.39 is 22.0 Å². The summed E-state index contributed by atoms with van der Waals surface area (Å²) >= 11 is 6.16. The van der Waals surface area contributed by atoms with Crippen LogP contribution >= 0.6 is 11.6 Å². The average molecular weight is 475 g/mol. The number of hydrogen-bond acceptors (Lipinski definition) is 5. The van der Waals surface area contributed by atoms with E-state index in [4.69, 9.17) is 21.1 Å². The first kappa shape index (κ1) is 23.6. The summed E-state index contributed by atoms with van der Waals surface area (Å²) in [5.74, 6) is 0.719. The van der Waals surface area contributed by atoms with Gasteiger partial charge < -0.3 is 14.8 Å². The number of carbonyl (C=O) groups excluding carboxylic acids is 1. The minimum atomic E-state index is -3.66. The highest BCUT2D eigenvalue weighted by Gasteiger charge is 2.31. The zero-order chi connectivity index (χ0) is 23.3. The van der Waals surface area contributed by atoms with Gasteiger partial charge in [0, 0.05) is 12.1 Å². The first-order chi connectivity index (χ1) is 15.2. The number of amides is 1. The molecule has 1 amide bonds. The largest absolute Gasteiger partial charge is 0.493 e. The Bertz CT molecular complexity index is 1200. The van der Waals surface area contributed by atoms with E-state index in [2.05, 4.69) is 5.32 Å². The molecule has 0 aliphatic heterocycles. The van der Waals surface area contributed by atoms with Crippen LogP contribution in [0.3, 0.4) is 0 Å². The van der Waals surface area contributed by atoms with E-state index >= 15 is 0 Å². The van der Waals surface area contributed by atoms with E-state index in [1.54, 1.807) is 60.7 Å². The number of sulfonamides is 1. The molecule has 168 valence electrons. The van der Waals surface area contributed by atoms with Crippen molar-refractivity contribution in [3.8, 4) is 17.2 Å². The second-order valence-electron chi connectivity index (χ2n) is 6.98. The van der Waals surface area contributed by atoms with Crippen molar-refractivity contribution in [1.82, 2.24) is 4.31 Å². The summed E-state index contributed by atoms with van der Waals surface area (Å²) in [6, 6.07) is 19.4. The van der Waals surface area contributed by atoms with Gasteiger partial charge in [0.25, 0.3) is 0 Å². The molecule has 0 fully saturated rings. The number of nitrogens with zero attached hydrogens (tertiary/aromatic N) is 1. The highest BCUT2D eigenvalue weighted by atomic mass is 35.5. The topological polar surface area (TPSA) is 84.9 Å². The number of ether oxygens (including phenoxy) is 2. The van der Waals surface area contributed by atoms with Gasteiger partial charge in [-0.1, -0.05) is 54.1 Å². The predicted octanol–water partition coefficient (Wildman–Crippen LogP) is 4.71. The molecule has 0 unspecified atom stereocenters. The number of carbonyl (C=O) groups is 1. The molecule has 3 aromatic carbocycles. The fourth-order valence-corrected chi connectivity index (χ4v) is 3.84. The van der Waals surface area contributed by atoms with Crippen molar-refractivity contribution in [3.05, 3.63) is 83.4 Å². The standard InChI is InChI=1S/C23H23ClN2O5S/c1-26(32(3,28)29)22(16-9-5-4-6-10-16)23(27)25-18-15-17(24)13-14-19(18)31-21-12-8-7-11-20(21)30-2/h4-15,22H,1-3H3,(H,25,27)/t22-/m1/s1. The number of para-hydroxylation sites is 2. The summed E-state index contributed by atoms with van der Waals surface area (Å²) in [4.78, 5) is 13.3. The molecule has 0 heterocycles. The molecular weight excluding hydrogens is 452 g/mol. The number of likely N-dealkylation sites (N-methyl/N-ethyl adjacent to an activating group) is 1. The van der Waals surface area contributed by atoms with Gasteiger partial charge in [-0.05, 0) is 35.9 Å². The highest BCUT2D eigenvalue weighted by molar-refractivity contribution is 7.88. The number of rotatable bonds is 8. The number of halogens is 1. The zero-order valence-corrected chi connectivity index (χ0v) is 19.4. The highest BCUT2D eigenvalue weighted by Crippen LogP contribution is 2.37. The first-order valence-corrected chi connectivity index (χ1v) is 11.8. The predicted molar refractivity (Wildman–Crippen MR) is 125 cm³/mol. The SMILES string of the molecule is COc1ccccc1Oc1ccc(Cl)cc1NC(=O)[C@@H](c1ccccc1)N(C)S(C)(=O)=O. The summed E-state index contributed by atoms with van der Waals surface area (Å²) in [7, 11) is -0.781. The molecule has 1 atom stereocenters. The van der Waals surface area contributed by atoms with Crippen LogP contribution in [-0.2, 0) is 14.8 Å². The fourth-order valence-electron chi connectivity index (χ4n) is 3.06. The molecule has 32 heavy (non-hydrogen) atoms. The van der Waals surface area contributed by atoms with Gasteiger partial charge in [-0.25, -0.2) is 8.42 Å². The van der Waals surface area contributed by atoms with Crippen LogP contribution in [0.2, 0.25) is 5.02 Å².